The van der Waals surface area contributed by atoms with Crippen molar-refractivity contribution in [3.05, 3.63) is 24.0 Å². The van der Waals surface area contributed by atoms with E-state index in [1.807, 2.05) is 18.3 Å². The summed E-state index contributed by atoms with van der Waals surface area (Å²) in [6.45, 7) is 2.07. The minimum atomic E-state index is 0.181. The van der Waals surface area contributed by atoms with Gasteiger partial charge in [0.2, 0.25) is 0 Å². The second-order valence-corrected chi connectivity index (χ2v) is 2.14. The Balaban J connectivity index is 2.65. The smallest absolute Gasteiger partial charge is 0.0445 e. The van der Waals surface area contributed by atoms with E-state index in [1.54, 1.807) is 0 Å². The minimum absolute atomic E-state index is 0.181. The summed E-state index contributed by atoms with van der Waals surface area (Å²) in [7, 11) is 0. The largest absolute Gasteiger partial charge is 0.364 e. The number of aromatic nitrogens is 1. The van der Waals surface area contributed by atoms with Crippen LogP contribution in [0.4, 0.5) is 0 Å². The van der Waals surface area contributed by atoms with Gasteiger partial charge < -0.3 is 10.7 Å². The number of hydrogen-bond donors (Lipinski definition) is 2. The van der Waals surface area contributed by atoms with Gasteiger partial charge in [-0.2, -0.15) is 0 Å². The Bertz CT molecular complexity index is 155. The summed E-state index contributed by atoms with van der Waals surface area (Å²) in [5, 5.41) is 0. The summed E-state index contributed by atoms with van der Waals surface area (Å²) < 4.78 is 0. The Hall–Kier alpha value is -0.760. The van der Waals surface area contributed by atoms with E-state index in [0.717, 1.165) is 12.1 Å². The second-order valence-electron chi connectivity index (χ2n) is 2.14. The van der Waals surface area contributed by atoms with Crippen LogP contribution >= 0.6 is 0 Å². The van der Waals surface area contributed by atoms with Crippen molar-refractivity contribution >= 4 is 0 Å². The third-order valence-corrected chi connectivity index (χ3v) is 1.46. The number of hydrogen-bond acceptors (Lipinski definition) is 1. The molecule has 9 heavy (non-hydrogen) atoms. The molecule has 0 unspecified atom stereocenters. The second kappa shape index (κ2) is 2.69. The first-order valence-corrected chi connectivity index (χ1v) is 3.23. The van der Waals surface area contributed by atoms with Gasteiger partial charge in [0.25, 0.3) is 0 Å². The highest BCUT2D eigenvalue weighted by molar-refractivity contribution is 5.07. The number of aromatic amines is 1. The van der Waals surface area contributed by atoms with Gasteiger partial charge in [0, 0.05) is 17.9 Å². The fourth-order valence-electron chi connectivity index (χ4n) is 0.795. The molecule has 0 aliphatic heterocycles. The molecule has 0 amide bonds. The Morgan fingerprint density at radius 3 is 3.00 bits per heavy atom. The summed E-state index contributed by atoms with van der Waals surface area (Å²) in [4.78, 5) is 3.06. The Kier molecular flexibility index (Phi) is 1.90. The van der Waals surface area contributed by atoms with Crippen molar-refractivity contribution in [2.75, 3.05) is 0 Å². The van der Waals surface area contributed by atoms with Crippen LogP contribution in [0.1, 0.15) is 25.1 Å². The van der Waals surface area contributed by atoms with Crippen molar-refractivity contribution < 1.29 is 0 Å². The molecule has 2 heteroatoms. The minimum Gasteiger partial charge on any atom is -0.364 e. The standard InChI is InChI=1S/C7H12N2/c1-2-6(8)7-4-3-5-9-7/h3-6,9H,2,8H2,1H3/t6-/m0/s1. The lowest BCUT2D eigenvalue weighted by molar-refractivity contribution is 0.680. The van der Waals surface area contributed by atoms with E-state index >= 15 is 0 Å². The third-order valence-electron chi connectivity index (χ3n) is 1.46. The Labute approximate surface area is 55.1 Å². The summed E-state index contributed by atoms with van der Waals surface area (Å²) in [5.41, 5.74) is 6.83. The SMILES string of the molecule is CC[C@H](N)c1ccc[nH]1. The van der Waals surface area contributed by atoms with Crippen molar-refractivity contribution in [3.63, 3.8) is 0 Å². The van der Waals surface area contributed by atoms with Gasteiger partial charge in [-0.1, -0.05) is 6.92 Å². The fourth-order valence-corrected chi connectivity index (χ4v) is 0.795. The number of nitrogens with two attached hydrogens (primary N) is 1. The zero-order valence-electron chi connectivity index (χ0n) is 5.59. The van der Waals surface area contributed by atoms with Crippen molar-refractivity contribution in [1.82, 2.24) is 4.98 Å². The molecule has 1 aromatic heterocycles. The van der Waals surface area contributed by atoms with Gasteiger partial charge in [-0.3, -0.25) is 0 Å². The lowest BCUT2D eigenvalue weighted by atomic mass is 10.2. The molecule has 0 bridgehead atoms. The van der Waals surface area contributed by atoms with E-state index < -0.39 is 0 Å². The molecule has 3 N–H and O–H groups in total. The average Bonchev–Trinajstić information content (AvgIpc) is 2.37. The number of rotatable bonds is 2. The van der Waals surface area contributed by atoms with Crippen molar-refractivity contribution in [2.24, 2.45) is 5.73 Å². The molecule has 0 aliphatic carbocycles. The van der Waals surface area contributed by atoms with Crippen molar-refractivity contribution in [2.45, 2.75) is 19.4 Å². The fraction of sp³-hybridized carbons (Fsp3) is 0.429. The van der Waals surface area contributed by atoms with Crippen LogP contribution in [0.15, 0.2) is 18.3 Å². The number of nitrogens with one attached hydrogen (secondary N) is 1. The molecule has 50 valence electrons. The molecule has 1 rings (SSSR count). The summed E-state index contributed by atoms with van der Waals surface area (Å²) in [6.07, 6.45) is 2.88. The maximum Gasteiger partial charge on any atom is 0.0445 e. The first kappa shape index (κ1) is 6.36. The van der Waals surface area contributed by atoms with E-state index in [-0.39, 0.29) is 6.04 Å². The van der Waals surface area contributed by atoms with Crippen LogP contribution in [0.2, 0.25) is 0 Å². The first-order chi connectivity index (χ1) is 4.34. The predicted octanol–water partition coefficient (Wildman–Crippen LogP) is 1.42. The topological polar surface area (TPSA) is 41.8 Å². The Morgan fingerprint density at radius 2 is 2.56 bits per heavy atom. The molecule has 0 radical (unpaired) electrons. The Morgan fingerprint density at radius 1 is 1.78 bits per heavy atom. The van der Waals surface area contributed by atoms with Crippen LogP contribution < -0.4 is 5.73 Å². The van der Waals surface area contributed by atoms with E-state index in [1.165, 1.54) is 0 Å². The quantitative estimate of drug-likeness (QED) is 0.615. The lowest BCUT2D eigenvalue weighted by Crippen LogP contribution is -2.08. The van der Waals surface area contributed by atoms with Gasteiger partial charge in [0.15, 0.2) is 0 Å². The van der Waals surface area contributed by atoms with Crippen LogP contribution in [-0.2, 0) is 0 Å². The van der Waals surface area contributed by atoms with E-state index in [4.69, 9.17) is 5.73 Å². The molecular formula is C7H12N2. The molecule has 0 saturated carbocycles. The number of H-pyrrole nitrogens is 1. The highest BCUT2D eigenvalue weighted by Gasteiger charge is 2.00. The molecule has 1 aromatic rings. The molecule has 0 spiro atoms. The molecule has 0 fully saturated rings. The van der Waals surface area contributed by atoms with Crippen LogP contribution in [0.25, 0.3) is 0 Å². The summed E-state index contributed by atoms with van der Waals surface area (Å²) in [6, 6.07) is 4.15. The summed E-state index contributed by atoms with van der Waals surface area (Å²) >= 11 is 0. The predicted molar refractivity (Wildman–Crippen MR) is 38.0 cm³/mol. The molecule has 0 saturated heterocycles. The molecule has 1 heterocycles. The monoisotopic (exact) mass is 124 g/mol. The maximum absolute atomic E-state index is 5.71. The third kappa shape index (κ3) is 1.33. The lowest BCUT2D eigenvalue weighted by Gasteiger charge is -2.03. The van der Waals surface area contributed by atoms with Gasteiger partial charge in [0.1, 0.15) is 0 Å². The van der Waals surface area contributed by atoms with E-state index in [0.29, 0.717) is 0 Å². The molecule has 0 aliphatic rings. The average molecular weight is 124 g/mol. The van der Waals surface area contributed by atoms with Gasteiger partial charge in [-0.05, 0) is 18.6 Å². The molecular weight excluding hydrogens is 112 g/mol. The van der Waals surface area contributed by atoms with Crippen LogP contribution in [0.5, 0.6) is 0 Å². The molecule has 1 atom stereocenters. The van der Waals surface area contributed by atoms with Gasteiger partial charge in [0.05, 0.1) is 0 Å². The van der Waals surface area contributed by atoms with Crippen LogP contribution in [0, 0.1) is 0 Å². The van der Waals surface area contributed by atoms with Gasteiger partial charge in [-0.25, -0.2) is 0 Å². The van der Waals surface area contributed by atoms with E-state index in [2.05, 4.69) is 11.9 Å². The molecule has 0 aromatic carbocycles. The maximum atomic E-state index is 5.71. The zero-order valence-corrected chi connectivity index (χ0v) is 5.59. The zero-order chi connectivity index (χ0) is 6.69. The van der Waals surface area contributed by atoms with E-state index in [9.17, 15) is 0 Å². The van der Waals surface area contributed by atoms with Gasteiger partial charge >= 0.3 is 0 Å². The summed E-state index contributed by atoms with van der Waals surface area (Å²) in [5.74, 6) is 0. The highest BCUT2D eigenvalue weighted by Crippen LogP contribution is 2.08. The first-order valence-electron chi connectivity index (χ1n) is 3.23. The van der Waals surface area contributed by atoms with Gasteiger partial charge in [-0.15, -0.1) is 0 Å². The molecule has 2 nitrogen and oxygen atoms in total. The van der Waals surface area contributed by atoms with Crippen molar-refractivity contribution in [1.29, 1.82) is 0 Å². The normalized spacial score (nSPS) is 13.6. The highest BCUT2D eigenvalue weighted by atomic mass is 14.8. The van der Waals surface area contributed by atoms with Crippen molar-refractivity contribution in [3.8, 4) is 0 Å². The van der Waals surface area contributed by atoms with Crippen LogP contribution in [0.3, 0.4) is 0 Å². The van der Waals surface area contributed by atoms with Crippen LogP contribution in [-0.4, -0.2) is 4.98 Å².